The smallest absolute Gasteiger partial charge is 0.264 e. The summed E-state index contributed by atoms with van der Waals surface area (Å²) in [5.74, 6) is -0.713. The molecule has 8 nitrogen and oxygen atoms in total. The fourth-order valence-corrected chi connectivity index (χ4v) is 8.81. The molecule has 11 heteroatoms. The van der Waals surface area contributed by atoms with Crippen molar-refractivity contribution in [3.63, 3.8) is 0 Å². The Bertz CT molecular complexity index is 1790. The van der Waals surface area contributed by atoms with E-state index in [9.17, 15) is 17.6 Å². The minimum atomic E-state index is -4.01. The van der Waals surface area contributed by atoms with Crippen LogP contribution in [0.3, 0.4) is 0 Å². The second-order valence-corrected chi connectivity index (χ2v) is 15.9. The monoisotopic (exact) mass is 695 g/mol. The van der Waals surface area contributed by atoms with E-state index in [2.05, 4.69) is 14.6 Å². The molecule has 0 radical (unpaired) electrons. The third-order valence-electron chi connectivity index (χ3n) is 10.6. The van der Waals surface area contributed by atoms with Crippen LogP contribution >= 0.6 is 11.6 Å². The van der Waals surface area contributed by atoms with E-state index in [0.29, 0.717) is 36.9 Å². The lowest BCUT2D eigenvalue weighted by molar-refractivity contribution is -0.0805. The highest BCUT2D eigenvalue weighted by Gasteiger charge is 2.48. The summed E-state index contributed by atoms with van der Waals surface area (Å²) in [5, 5.41) is -0.166. The average molecular weight is 696 g/mol. The predicted octanol–water partition coefficient (Wildman–Crippen LogP) is 7.21. The molecule has 2 bridgehead atoms. The van der Waals surface area contributed by atoms with Gasteiger partial charge in [-0.05, 0) is 111 Å². The highest BCUT2D eigenvalue weighted by molar-refractivity contribution is 7.90. The number of carbonyl (C=O) groups is 1. The number of rotatable bonds is 2. The maximum atomic E-state index is 14.0. The van der Waals surface area contributed by atoms with E-state index in [1.807, 2.05) is 37.3 Å². The van der Waals surface area contributed by atoms with Crippen molar-refractivity contribution in [3.8, 4) is 5.75 Å². The summed E-state index contributed by atoms with van der Waals surface area (Å²) in [6, 6.07) is 14.1. The Morgan fingerprint density at radius 2 is 1.92 bits per heavy atom. The molecule has 1 N–H and O–H groups in total. The van der Waals surface area contributed by atoms with E-state index in [4.69, 9.17) is 21.1 Å². The van der Waals surface area contributed by atoms with Crippen LogP contribution in [0.15, 0.2) is 66.9 Å². The Morgan fingerprint density at radius 1 is 1.08 bits per heavy atom. The largest absolute Gasteiger partial charge is 0.487 e. The number of methoxy groups -OCH3 is 1. The number of hydrogen-bond donors (Lipinski definition) is 1. The molecule has 0 unspecified atom stereocenters. The normalized spacial score (nSPS) is 28.4. The minimum absolute atomic E-state index is 0.0378. The predicted molar refractivity (Wildman–Crippen MR) is 185 cm³/mol. The molecule has 0 saturated heterocycles. The van der Waals surface area contributed by atoms with Gasteiger partial charge < -0.3 is 14.4 Å². The molecule has 3 heterocycles. The first-order valence-electron chi connectivity index (χ1n) is 16.7. The number of hydrogen-bond acceptors (Lipinski definition) is 7. The number of nitrogens with zero attached hydrogens (tertiary/aromatic N) is 2. The van der Waals surface area contributed by atoms with E-state index in [-0.39, 0.29) is 23.3 Å². The molecule has 3 aromatic rings. The van der Waals surface area contributed by atoms with Crippen molar-refractivity contribution in [2.24, 2.45) is 17.8 Å². The van der Waals surface area contributed by atoms with Gasteiger partial charge in [0.05, 0.1) is 10.9 Å². The van der Waals surface area contributed by atoms with Crippen LogP contribution in [0, 0.1) is 23.7 Å². The highest BCUT2D eigenvalue weighted by atomic mass is 35.5. The van der Waals surface area contributed by atoms with Gasteiger partial charge in [0.1, 0.15) is 18.0 Å². The standard InChI is InChI=1S/C37H43ClFN3O5S/c1-24-7-6-17-37(46-3,30-12-16-35(39)40-21-30)32-14-10-28(32)22-42-18-5-4-8-26-19-31(38)13-9-29(26)23-47-34-15-11-27(20-33(34)42)36(43)41-48(44,45)25(24)2/h6,9,11-13,15-17,19-21,24-25,28,32H,4-5,7-8,10,14,18,22-23H2,1-3H3,(H,41,43)/b17-6+/t24-,25+,28-,32+,37-/m0/s1. The van der Waals surface area contributed by atoms with Gasteiger partial charge in [-0.15, -0.1) is 0 Å². The van der Waals surface area contributed by atoms with Gasteiger partial charge in [0, 0.05) is 48.5 Å². The molecule has 1 saturated carbocycles. The van der Waals surface area contributed by atoms with Crippen molar-refractivity contribution in [1.29, 1.82) is 0 Å². The zero-order chi connectivity index (χ0) is 34.1. The van der Waals surface area contributed by atoms with Crippen LogP contribution < -0.4 is 14.4 Å². The van der Waals surface area contributed by atoms with Crippen molar-refractivity contribution in [3.05, 3.63) is 100 Å². The average Bonchev–Trinajstić information content (AvgIpc) is 3.08. The van der Waals surface area contributed by atoms with Crippen LogP contribution in [0.2, 0.25) is 5.02 Å². The van der Waals surface area contributed by atoms with Crippen LogP contribution in [0.5, 0.6) is 5.75 Å². The van der Waals surface area contributed by atoms with E-state index in [1.165, 1.54) is 12.3 Å². The van der Waals surface area contributed by atoms with Crippen molar-refractivity contribution >= 4 is 33.2 Å². The van der Waals surface area contributed by atoms with Gasteiger partial charge >= 0.3 is 0 Å². The van der Waals surface area contributed by atoms with Crippen LogP contribution in [0.4, 0.5) is 10.1 Å². The number of aromatic nitrogens is 1. The van der Waals surface area contributed by atoms with Crippen molar-refractivity contribution in [1.82, 2.24) is 9.71 Å². The van der Waals surface area contributed by atoms with Crippen LogP contribution in [-0.2, 0) is 33.4 Å². The molecular weight excluding hydrogens is 653 g/mol. The van der Waals surface area contributed by atoms with Gasteiger partial charge in [0.25, 0.3) is 5.91 Å². The molecule has 1 fully saturated rings. The molecule has 2 aromatic carbocycles. The Hall–Kier alpha value is -3.47. The van der Waals surface area contributed by atoms with Gasteiger partial charge in [-0.3, -0.25) is 4.79 Å². The number of nitrogens with one attached hydrogen (secondary N) is 1. The quantitative estimate of drug-likeness (QED) is 0.224. The Morgan fingerprint density at radius 3 is 2.65 bits per heavy atom. The molecule has 3 aliphatic rings. The summed E-state index contributed by atoms with van der Waals surface area (Å²) in [7, 11) is -2.34. The summed E-state index contributed by atoms with van der Waals surface area (Å²) < 4.78 is 56.1. The summed E-state index contributed by atoms with van der Waals surface area (Å²) in [4.78, 5) is 19.7. The van der Waals surface area contributed by atoms with E-state index in [0.717, 1.165) is 54.5 Å². The number of ether oxygens (including phenoxy) is 2. The lowest BCUT2D eigenvalue weighted by Crippen LogP contribution is -2.49. The number of sulfonamides is 1. The van der Waals surface area contributed by atoms with Crippen LogP contribution in [0.1, 0.15) is 73.0 Å². The van der Waals surface area contributed by atoms with Gasteiger partial charge in [-0.2, -0.15) is 4.39 Å². The molecule has 0 spiro atoms. The molecule has 2 aliphatic heterocycles. The maximum absolute atomic E-state index is 14.0. The molecule has 1 aliphatic carbocycles. The lowest BCUT2D eigenvalue weighted by atomic mass is 9.62. The van der Waals surface area contributed by atoms with Gasteiger partial charge in [0.2, 0.25) is 16.0 Å². The van der Waals surface area contributed by atoms with E-state index in [1.54, 1.807) is 38.3 Å². The first-order valence-corrected chi connectivity index (χ1v) is 18.6. The molecule has 5 atom stereocenters. The van der Waals surface area contributed by atoms with E-state index >= 15 is 0 Å². The molecule has 48 heavy (non-hydrogen) atoms. The molecule has 6 rings (SSSR count). The Labute approximate surface area is 287 Å². The van der Waals surface area contributed by atoms with Crippen LogP contribution in [0.25, 0.3) is 0 Å². The van der Waals surface area contributed by atoms with Gasteiger partial charge in [-0.1, -0.05) is 36.7 Å². The summed E-state index contributed by atoms with van der Waals surface area (Å²) in [6.45, 7) is 5.14. The second-order valence-electron chi connectivity index (χ2n) is 13.4. The Kier molecular flexibility index (Phi) is 10.2. The maximum Gasteiger partial charge on any atom is 0.264 e. The molecule has 1 amide bonds. The van der Waals surface area contributed by atoms with Crippen molar-refractivity contribution in [2.45, 2.75) is 69.8 Å². The van der Waals surface area contributed by atoms with Gasteiger partial charge in [0.15, 0.2) is 0 Å². The fraction of sp³-hybridized carbons (Fsp3) is 0.459. The molecular formula is C37H43ClFN3O5S. The number of anilines is 1. The lowest BCUT2D eigenvalue weighted by Gasteiger charge is -2.50. The number of allylic oxidation sites excluding steroid dienone is 1. The minimum Gasteiger partial charge on any atom is -0.487 e. The third-order valence-corrected chi connectivity index (χ3v) is 12.7. The SMILES string of the molecule is CO[C@]1(c2ccc(F)nc2)/C=C/C[C@H](C)[C@@H](C)S(=O)(=O)NC(=O)c2ccc3c(c2)N(CCCCc2cc(Cl)ccc2CO3)C[C@@H]2CC[C@H]21. The highest BCUT2D eigenvalue weighted by Crippen LogP contribution is 2.50. The first kappa shape index (κ1) is 34.4. The Balaban J connectivity index is 1.45. The summed E-state index contributed by atoms with van der Waals surface area (Å²) in [6.07, 6.45) is 10.4. The van der Waals surface area contributed by atoms with Crippen molar-refractivity contribution < 1.29 is 27.1 Å². The first-order chi connectivity index (χ1) is 23.0. The van der Waals surface area contributed by atoms with Crippen LogP contribution in [-0.4, -0.2) is 44.8 Å². The number of fused-ring (bicyclic) bond motifs is 3. The topological polar surface area (TPSA) is 97.8 Å². The van der Waals surface area contributed by atoms with E-state index < -0.39 is 32.7 Å². The molecule has 1 aromatic heterocycles. The number of aryl methyl sites for hydroxylation is 1. The fourth-order valence-electron chi connectivity index (χ4n) is 7.33. The number of carbonyl (C=O) groups excluding carboxylic acids is 1. The zero-order valence-corrected chi connectivity index (χ0v) is 29.2. The zero-order valence-electron chi connectivity index (χ0n) is 27.6. The van der Waals surface area contributed by atoms with Gasteiger partial charge in [-0.25, -0.2) is 18.1 Å². The second kappa shape index (κ2) is 14.2. The number of amides is 1. The third kappa shape index (κ3) is 6.98. The van der Waals surface area contributed by atoms with Crippen molar-refractivity contribution in [2.75, 3.05) is 25.1 Å². The number of pyridine rings is 1. The molecule has 256 valence electrons. The number of benzene rings is 2. The summed E-state index contributed by atoms with van der Waals surface area (Å²) in [5.41, 5.74) is 3.03. The summed E-state index contributed by atoms with van der Waals surface area (Å²) >= 11 is 6.35. The number of halogens is 2.